The maximum Gasteiger partial charge on any atom is 0.276 e. The van der Waals surface area contributed by atoms with Gasteiger partial charge in [-0.25, -0.2) is 0 Å². The van der Waals surface area contributed by atoms with Gasteiger partial charge in [-0.3, -0.25) is 9.78 Å². The summed E-state index contributed by atoms with van der Waals surface area (Å²) in [6, 6.07) is 11.2. The Labute approximate surface area is 111 Å². The predicted octanol–water partition coefficient (Wildman–Crippen LogP) is 2.29. The normalized spacial score (nSPS) is 13.2. The summed E-state index contributed by atoms with van der Waals surface area (Å²) in [6.45, 7) is 0.692. The van der Waals surface area contributed by atoms with E-state index in [1.165, 1.54) is 0 Å². The van der Waals surface area contributed by atoms with Gasteiger partial charge in [0.15, 0.2) is 0 Å². The molecule has 0 bridgehead atoms. The summed E-state index contributed by atoms with van der Waals surface area (Å²) in [5, 5.41) is 0. The maximum atomic E-state index is 12.4. The number of nitrogens with zero attached hydrogens (tertiary/aromatic N) is 2. The van der Waals surface area contributed by atoms with Gasteiger partial charge < -0.3 is 9.64 Å². The van der Waals surface area contributed by atoms with Crippen LogP contribution in [0.5, 0.6) is 5.75 Å². The minimum atomic E-state index is -0.0514. The third-order valence-corrected chi connectivity index (χ3v) is 3.31. The summed E-state index contributed by atoms with van der Waals surface area (Å²) < 4.78 is 5.20. The third-order valence-electron chi connectivity index (χ3n) is 3.31. The van der Waals surface area contributed by atoms with Crippen molar-refractivity contribution in [2.75, 3.05) is 18.6 Å². The first-order chi connectivity index (χ1) is 9.29. The number of methoxy groups -OCH3 is 1. The van der Waals surface area contributed by atoms with Gasteiger partial charge in [-0.1, -0.05) is 6.07 Å². The molecule has 0 unspecified atom stereocenters. The predicted molar refractivity (Wildman–Crippen MR) is 72.6 cm³/mol. The van der Waals surface area contributed by atoms with Gasteiger partial charge in [0.1, 0.15) is 11.4 Å². The molecule has 4 nitrogen and oxygen atoms in total. The maximum absolute atomic E-state index is 12.4. The van der Waals surface area contributed by atoms with E-state index in [-0.39, 0.29) is 5.91 Å². The lowest BCUT2D eigenvalue weighted by atomic mass is 10.1. The first-order valence-electron chi connectivity index (χ1n) is 6.19. The van der Waals surface area contributed by atoms with E-state index >= 15 is 0 Å². The molecule has 2 aromatic rings. The minimum absolute atomic E-state index is 0.0514. The molecule has 0 atom stereocenters. The molecule has 0 N–H and O–H groups in total. The van der Waals surface area contributed by atoms with Gasteiger partial charge in [0.25, 0.3) is 5.91 Å². The Morgan fingerprint density at radius 2 is 2.21 bits per heavy atom. The second-order valence-corrected chi connectivity index (χ2v) is 4.42. The molecule has 0 radical (unpaired) electrons. The molecule has 2 heterocycles. The van der Waals surface area contributed by atoms with Crippen LogP contribution in [0, 0.1) is 0 Å². The van der Waals surface area contributed by atoms with Crippen molar-refractivity contribution in [2.45, 2.75) is 6.42 Å². The average Bonchev–Trinajstić information content (AvgIpc) is 2.90. The fraction of sp³-hybridized carbons (Fsp3) is 0.200. The summed E-state index contributed by atoms with van der Waals surface area (Å²) >= 11 is 0. The number of hydrogen-bond acceptors (Lipinski definition) is 3. The Hall–Kier alpha value is -2.36. The van der Waals surface area contributed by atoms with Crippen LogP contribution in [-0.4, -0.2) is 24.5 Å². The number of amides is 1. The summed E-state index contributed by atoms with van der Waals surface area (Å²) in [6.07, 6.45) is 2.49. The van der Waals surface area contributed by atoms with Crippen LogP contribution in [-0.2, 0) is 6.42 Å². The van der Waals surface area contributed by atoms with E-state index < -0.39 is 0 Å². The van der Waals surface area contributed by atoms with Crippen molar-refractivity contribution in [3.8, 4) is 5.75 Å². The largest absolute Gasteiger partial charge is 0.497 e. The summed E-state index contributed by atoms with van der Waals surface area (Å²) in [7, 11) is 1.65. The summed E-state index contributed by atoms with van der Waals surface area (Å²) in [5.41, 5.74) is 2.58. The fourth-order valence-electron chi connectivity index (χ4n) is 2.34. The second-order valence-electron chi connectivity index (χ2n) is 4.42. The quantitative estimate of drug-likeness (QED) is 0.825. The number of fused-ring (bicyclic) bond motifs is 1. The van der Waals surface area contributed by atoms with Gasteiger partial charge in [-0.15, -0.1) is 0 Å². The van der Waals surface area contributed by atoms with Gasteiger partial charge in [0, 0.05) is 18.4 Å². The number of carbonyl (C=O) groups is 1. The van der Waals surface area contributed by atoms with Gasteiger partial charge in [0.05, 0.1) is 7.11 Å². The number of aromatic nitrogens is 1. The van der Waals surface area contributed by atoms with E-state index in [0.717, 1.165) is 23.4 Å². The molecule has 19 heavy (non-hydrogen) atoms. The molecule has 0 spiro atoms. The smallest absolute Gasteiger partial charge is 0.276 e. The van der Waals surface area contributed by atoms with Crippen LogP contribution in [0.25, 0.3) is 0 Å². The van der Waals surface area contributed by atoms with Crippen LogP contribution < -0.4 is 9.64 Å². The average molecular weight is 254 g/mol. The molecule has 1 amide bonds. The number of pyridine rings is 1. The lowest BCUT2D eigenvalue weighted by molar-refractivity contribution is 0.0984. The van der Waals surface area contributed by atoms with Crippen molar-refractivity contribution < 1.29 is 9.53 Å². The van der Waals surface area contributed by atoms with Gasteiger partial charge in [0.2, 0.25) is 0 Å². The molecule has 0 saturated carbocycles. The van der Waals surface area contributed by atoms with E-state index in [9.17, 15) is 4.79 Å². The van der Waals surface area contributed by atoms with Gasteiger partial charge in [-0.05, 0) is 42.3 Å². The van der Waals surface area contributed by atoms with Crippen molar-refractivity contribution in [1.29, 1.82) is 0 Å². The van der Waals surface area contributed by atoms with Crippen LogP contribution in [0.15, 0.2) is 42.6 Å². The van der Waals surface area contributed by atoms with Crippen molar-refractivity contribution in [2.24, 2.45) is 0 Å². The highest BCUT2D eigenvalue weighted by molar-refractivity contribution is 6.06. The van der Waals surface area contributed by atoms with Gasteiger partial charge in [-0.2, -0.15) is 0 Å². The standard InChI is InChI=1S/C15H14N2O2/c1-19-12-5-6-14-11(10-12)7-9-17(14)15(18)13-4-2-3-8-16-13/h2-6,8,10H,7,9H2,1H3. The zero-order chi connectivity index (χ0) is 13.2. The highest BCUT2D eigenvalue weighted by atomic mass is 16.5. The van der Waals surface area contributed by atoms with E-state index in [4.69, 9.17) is 4.74 Å². The minimum Gasteiger partial charge on any atom is -0.497 e. The molecule has 0 saturated heterocycles. The topological polar surface area (TPSA) is 42.4 Å². The molecule has 4 heteroatoms. The SMILES string of the molecule is COc1ccc2c(c1)CCN2C(=O)c1ccccn1. The lowest BCUT2D eigenvalue weighted by Gasteiger charge is -2.16. The zero-order valence-electron chi connectivity index (χ0n) is 10.7. The molecule has 1 aromatic carbocycles. The summed E-state index contributed by atoms with van der Waals surface area (Å²) in [4.78, 5) is 18.3. The molecular formula is C15H14N2O2. The highest BCUT2D eigenvalue weighted by Crippen LogP contribution is 2.31. The Morgan fingerprint density at radius 1 is 1.32 bits per heavy atom. The van der Waals surface area contributed by atoms with Crippen molar-refractivity contribution >= 4 is 11.6 Å². The number of carbonyl (C=O) groups excluding carboxylic acids is 1. The first kappa shape index (κ1) is 11.7. The molecule has 0 fully saturated rings. The van der Waals surface area contributed by atoms with Crippen LogP contribution in [0.3, 0.4) is 0 Å². The van der Waals surface area contributed by atoms with Crippen LogP contribution in [0.2, 0.25) is 0 Å². The number of anilines is 1. The fourth-order valence-corrected chi connectivity index (χ4v) is 2.34. The van der Waals surface area contributed by atoms with Crippen molar-refractivity contribution in [1.82, 2.24) is 4.98 Å². The Morgan fingerprint density at radius 3 is 2.95 bits per heavy atom. The molecule has 1 aromatic heterocycles. The number of ether oxygens (including phenoxy) is 1. The molecule has 1 aliphatic rings. The monoisotopic (exact) mass is 254 g/mol. The van der Waals surface area contributed by atoms with Crippen LogP contribution in [0.1, 0.15) is 16.1 Å². The van der Waals surface area contributed by atoms with Crippen molar-refractivity contribution in [3.63, 3.8) is 0 Å². The third kappa shape index (κ3) is 2.05. The molecule has 96 valence electrons. The molecular weight excluding hydrogens is 240 g/mol. The van der Waals surface area contributed by atoms with E-state index in [2.05, 4.69) is 4.98 Å². The van der Waals surface area contributed by atoms with Gasteiger partial charge >= 0.3 is 0 Å². The number of benzene rings is 1. The van der Waals surface area contributed by atoms with E-state index in [1.54, 1.807) is 30.3 Å². The number of rotatable bonds is 2. The molecule has 1 aliphatic heterocycles. The highest BCUT2D eigenvalue weighted by Gasteiger charge is 2.26. The Bertz CT molecular complexity index is 611. The van der Waals surface area contributed by atoms with Crippen LogP contribution >= 0.6 is 0 Å². The lowest BCUT2D eigenvalue weighted by Crippen LogP contribution is -2.29. The summed E-state index contributed by atoms with van der Waals surface area (Å²) in [5.74, 6) is 0.774. The Balaban J connectivity index is 1.92. The van der Waals surface area contributed by atoms with E-state index in [0.29, 0.717) is 12.2 Å². The second kappa shape index (κ2) is 4.72. The Kier molecular flexibility index (Phi) is 2.91. The molecule has 0 aliphatic carbocycles. The zero-order valence-corrected chi connectivity index (χ0v) is 10.7. The first-order valence-corrected chi connectivity index (χ1v) is 6.19. The van der Waals surface area contributed by atoms with E-state index in [1.807, 2.05) is 24.3 Å². The van der Waals surface area contributed by atoms with Crippen LogP contribution in [0.4, 0.5) is 5.69 Å². The number of hydrogen-bond donors (Lipinski definition) is 0. The van der Waals surface area contributed by atoms with Crippen molar-refractivity contribution in [3.05, 3.63) is 53.9 Å². The molecule has 3 rings (SSSR count).